The number of carbonyl (C=O) groups excluding carboxylic acids is 1. The lowest BCUT2D eigenvalue weighted by Gasteiger charge is -2.09. The molecule has 7 heteroatoms. The van der Waals surface area contributed by atoms with Crippen molar-refractivity contribution in [2.75, 3.05) is 12.3 Å². The molecule has 0 spiro atoms. The van der Waals surface area contributed by atoms with Gasteiger partial charge in [-0.2, -0.15) is 0 Å². The zero-order valence-corrected chi connectivity index (χ0v) is 16.6. The summed E-state index contributed by atoms with van der Waals surface area (Å²) >= 11 is 0. The third kappa shape index (κ3) is 6.74. The second-order valence-corrected chi connectivity index (χ2v) is 8.25. The van der Waals surface area contributed by atoms with Crippen molar-refractivity contribution in [1.82, 2.24) is 10.0 Å². The number of nitrogens with one attached hydrogen (secondary N) is 2. The number of hydrogen-bond donors (Lipinski definition) is 2. The Morgan fingerprint density at radius 1 is 0.793 bits per heavy atom. The van der Waals surface area contributed by atoms with Crippen molar-refractivity contribution in [3.8, 4) is 11.5 Å². The van der Waals surface area contributed by atoms with Gasteiger partial charge in [0.2, 0.25) is 10.0 Å². The molecule has 0 heterocycles. The van der Waals surface area contributed by atoms with Gasteiger partial charge in [-0.15, -0.1) is 0 Å². The fourth-order valence-corrected chi connectivity index (χ4v) is 3.46. The van der Waals surface area contributed by atoms with Crippen LogP contribution in [0.1, 0.15) is 15.9 Å². The van der Waals surface area contributed by atoms with Crippen molar-refractivity contribution in [2.24, 2.45) is 0 Å². The quantitative estimate of drug-likeness (QED) is 0.567. The van der Waals surface area contributed by atoms with Gasteiger partial charge in [-0.3, -0.25) is 4.79 Å². The van der Waals surface area contributed by atoms with Crippen LogP contribution in [0.15, 0.2) is 84.9 Å². The van der Waals surface area contributed by atoms with Gasteiger partial charge < -0.3 is 10.1 Å². The maximum atomic E-state index is 12.2. The first-order valence-electron chi connectivity index (χ1n) is 9.14. The number of hydrogen-bond acceptors (Lipinski definition) is 4. The summed E-state index contributed by atoms with van der Waals surface area (Å²) in [6.45, 7) is 0.241. The van der Waals surface area contributed by atoms with Crippen LogP contribution >= 0.6 is 0 Å². The van der Waals surface area contributed by atoms with E-state index in [1.807, 2.05) is 60.7 Å². The molecule has 0 saturated carbocycles. The summed E-state index contributed by atoms with van der Waals surface area (Å²) in [4.78, 5) is 12.2. The van der Waals surface area contributed by atoms with E-state index in [2.05, 4.69) is 10.0 Å². The molecule has 0 radical (unpaired) electrons. The Morgan fingerprint density at radius 3 is 2.03 bits per heavy atom. The van der Waals surface area contributed by atoms with E-state index >= 15 is 0 Å². The highest BCUT2D eigenvalue weighted by Crippen LogP contribution is 2.21. The molecule has 29 heavy (non-hydrogen) atoms. The average molecular weight is 410 g/mol. The van der Waals surface area contributed by atoms with Gasteiger partial charge in [0.05, 0.1) is 5.75 Å². The maximum absolute atomic E-state index is 12.2. The summed E-state index contributed by atoms with van der Waals surface area (Å²) < 4.78 is 32.3. The van der Waals surface area contributed by atoms with Crippen molar-refractivity contribution in [2.45, 2.75) is 6.54 Å². The summed E-state index contributed by atoms with van der Waals surface area (Å²) in [7, 11) is -3.48. The normalized spacial score (nSPS) is 11.0. The Bertz CT molecular complexity index is 1020. The molecule has 3 aromatic carbocycles. The van der Waals surface area contributed by atoms with Gasteiger partial charge in [0.25, 0.3) is 5.91 Å². The zero-order chi connectivity index (χ0) is 20.5. The van der Waals surface area contributed by atoms with Crippen LogP contribution in [-0.2, 0) is 16.6 Å². The van der Waals surface area contributed by atoms with Crippen LogP contribution in [0, 0.1) is 0 Å². The van der Waals surface area contributed by atoms with Crippen LogP contribution in [0.5, 0.6) is 11.5 Å². The lowest BCUT2D eigenvalue weighted by molar-refractivity contribution is 0.0956. The minimum absolute atomic E-state index is 0.0191. The van der Waals surface area contributed by atoms with Gasteiger partial charge in [-0.25, -0.2) is 13.1 Å². The van der Waals surface area contributed by atoms with E-state index in [9.17, 15) is 13.2 Å². The first kappa shape index (κ1) is 20.6. The Balaban J connectivity index is 1.45. The molecule has 0 aromatic heterocycles. The Kier molecular flexibility index (Phi) is 6.99. The number of rotatable bonds is 9. The fraction of sp³-hybridized carbons (Fsp3) is 0.136. The summed E-state index contributed by atoms with van der Waals surface area (Å²) in [5.41, 5.74) is 1.30. The third-order valence-electron chi connectivity index (χ3n) is 4.09. The molecule has 1 amide bonds. The molecule has 0 atom stereocenters. The first-order valence-corrected chi connectivity index (χ1v) is 10.8. The highest BCUT2D eigenvalue weighted by atomic mass is 32.2. The van der Waals surface area contributed by atoms with Crippen LogP contribution in [0.4, 0.5) is 0 Å². The van der Waals surface area contributed by atoms with Crippen molar-refractivity contribution in [1.29, 1.82) is 0 Å². The molecule has 0 aliphatic heterocycles. The summed E-state index contributed by atoms with van der Waals surface area (Å²) in [6.07, 6.45) is 0. The number of amides is 1. The third-order valence-corrected chi connectivity index (χ3v) is 5.42. The molecule has 3 rings (SSSR count). The number of carbonyl (C=O) groups is 1. The molecular weight excluding hydrogens is 388 g/mol. The lowest BCUT2D eigenvalue weighted by Crippen LogP contribution is -2.34. The molecule has 150 valence electrons. The molecule has 6 nitrogen and oxygen atoms in total. The molecule has 0 bridgehead atoms. The van der Waals surface area contributed by atoms with Gasteiger partial charge in [0.1, 0.15) is 11.5 Å². The van der Waals surface area contributed by atoms with Crippen molar-refractivity contribution < 1.29 is 17.9 Å². The van der Waals surface area contributed by atoms with Crippen molar-refractivity contribution in [3.05, 3.63) is 96.1 Å². The monoisotopic (exact) mass is 410 g/mol. The van der Waals surface area contributed by atoms with E-state index in [1.54, 1.807) is 24.3 Å². The number of sulfonamides is 1. The van der Waals surface area contributed by atoms with Crippen molar-refractivity contribution in [3.63, 3.8) is 0 Å². The van der Waals surface area contributed by atoms with Crippen molar-refractivity contribution >= 4 is 15.9 Å². The SMILES string of the molecule is O=C(NCCS(=O)(=O)NCc1ccccc1)c1ccc(Oc2ccccc2)cc1. The standard InChI is InChI=1S/C22H22N2O4S/c25-22(19-11-13-21(14-12-19)28-20-9-5-2-6-10-20)23-15-16-29(26,27)24-17-18-7-3-1-4-8-18/h1-14,24H,15-17H2,(H,23,25). The molecule has 0 fully saturated rings. The molecule has 3 aromatic rings. The minimum Gasteiger partial charge on any atom is -0.457 e. The highest BCUT2D eigenvalue weighted by Gasteiger charge is 2.12. The fourth-order valence-electron chi connectivity index (χ4n) is 2.56. The van der Waals surface area contributed by atoms with Crippen LogP contribution < -0.4 is 14.8 Å². The van der Waals surface area contributed by atoms with Gasteiger partial charge in [0, 0.05) is 18.7 Å². The minimum atomic E-state index is -3.48. The molecular formula is C22H22N2O4S. The second-order valence-electron chi connectivity index (χ2n) is 6.32. The number of benzene rings is 3. The maximum Gasteiger partial charge on any atom is 0.251 e. The van der Waals surface area contributed by atoms with Gasteiger partial charge >= 0.3 is 0 Å². The summed E-state index contributed by atoms with van der Waals surface area (Å²) in [5, 5.41) is 2.62. The predicted molar refractivity (Wildman–Crippen MR) is 112 cm³/mol. The largest absolute Gasteiger partial charge is 0.457 e. The molecule has 2 N–H and O–H groups in total. The van der Waals surface area contributed by atoms with E-state index < -0.39 is 10.0 Å². The predicted octanol–water partition coefficient (Wildman–Crippen LogP) is 3.33. The number of ether oxygens (including phenoxy) is 1. The van der Waals surface area contributed by atoms with Gasteiger partial charge in [-0.1, -0.05) is 48.5 Å². The van der Waals surface area contributed by atoms with Crippen LogP contribution in [0.2, 0.25) is 0 Å². The first-order chi connectivity index (χ1) is 14.0. The Hall–Kier alpha value is -3.16. The van der Waals surface area contributed by atoms with Crippen LogP contribution in [0.25, 0.3) is 0 Å². The van der Waals surface area contributed by atoms with Gasteiger partial charge in [-0.05, 0) is 42.0 Å². The Morgan fingerprint density at radius 2 is 1.38 bits per heavy atom. The molecule has 0 aliphatic rings. The van der Waals surface area contributed by atoms with E-state index in [1.165, 1.54) is 0 Å². The zero-order valence-electron chi connectivity index (χ0n) is 15.7. The molecule has 0 aliphatic carbocycles. The average Bonchev–Trinajstić information content (AvgIpc) is 2.74. The molecule has 0 saturated heterocycles. The lowest BCUT2D eigenvalue weighted by atomic mass is 10.2. The summed E-state index contributed by atoms with van der Waals surface area (Å²) in [5.74, 6) is 0.786. The van der Waals surface area contributed by atoms with E-state index in [4.69, 9.17) is 4.74 Å². The van der Waals surface area contributed by atoms with Crippen LogP contribution in [0.3, 0.4) is 0 Å². The van der Waals surface area contributed by atoms with E-state index in [0.717, 1.165) is 5.56 Å². The summed E-state index contributed by atoms with van der Waals surface area (Å²) in [6, 6.07) is 25.2. The van der Waals surface area contributed by atoms with Gasteiger partial charge in [0.15, 0.2) is 0 Å². The highest BCUT2D eigenvalue weighted by molar-refractivity contribution is 7.89. The number of para-hydroxylation sites is 1. The Labute approximate surface area is 170 Å². The van der Waals surface area contributed by atoms with E-state index in [-0.39, 0.29) is 24.7 Å². The second kappa shape index (κ2) is 9.86. The smallest absolute Gasteiger partial charge is 0.251 e. The van der Waals surface area contributed by atoms with Crippen LogP contribution in [-0.4, -0.2) is 26.6 Å². The molecule has 0 unspecified atom stereocenters. The van der Waals surface area contributed by atoms with E-state index in [0.29, 0.717) is 17.1 Å². The topological polar surface area (TPSA) is 84.5 Å².